The van der Waals surface area contributed by atoms with Crippen molar-refractivity contribution in [2.45, 2.75) is 39.2 Å². The molecule has 0 aliphatic heterocycles. The minimum absolute atomic E-state index is 0.330. The molecule has 1 aromatic rings. The van der Waals surface area contributed by atoms with Crippen molar-refractivity contribution in [1.82, 2.24) is 5.32 Å². The molecular formula is C13H21NO. The molecular weight excluding hydrogens is 186 g/mol. The van der Waals surface area contributed by atoms with Crippen molar-refractivity contribution in [2.75, 3.05) is 6.54 Å². The highest BCUT2D eigenvalue weighted by Crippen LogP contribution is 2.20. The molecule has 84 valence electrons. The molecule has 0 aromatic carbocycles. The molecule has 2 nitrogen and oxygen atoms in total. The monoisotopic (exact) mass is 207 g/mol. The first-order valence-corrected chi connectivity index (χ1v) is 5.65. The summed E-state index contributed by atoms with van der Waals surface area (Å²) in [5, 5.41) is 3.49. The first kappa shape index (κ1) is 12.1. The van der Waals surface area contributed by atoms with Crippen molar-refractivity contribution in [3.05, 3.63) is 36.3 Å². The largest absolute Gasteiger partial charge is 0.468 e. The third kappa shape index (κ3) is 4.34. The van der Waals surface area contributed by atoms with E-state index in [1.54, 1.807) is 6.26 Å². The molecule has 1 aromatic heterocycles. The second-order valence-electron chi connectivity index (χ2n) is 4.02. The molecule has 2 heteroatoms. The summed E-state index contributed by atoms with van der Waals surface area (Å²) in [6.45, 7) is 9.20. The normalized spacial score (nSPS) is 12.7. The zero-order valence-electron chi connectivity index (χ0n) is 9.75. The molecule has 1 atom stereocenters. The zero-order chi connectivity index (χ0) is 11.1. The summed E-state index contributed by atoms with van der Waals surface area (Å²) in [5.41, 5.74) is 1.23. The summed E-state index contributed by atoms with van der Waals surface area (Å²) in [5.74, 6) is 1.03. The molecule has 1 unspecified atom stereocenters. The van der Waals surface area contributed by atoms with Crippen molar-refractivity contribution in [3.63, 3.8) is 0 Å². The average Bonchev–Trinajstić information content (AvgIpc) is 2.71. The van der Waals surface area contributed by atoms with Crippen LogP contribution in [-0.4, -0.2) is 6.54 Å². The van der Waals surface area contributed by atoms with E-state index >= 15 is 0 Å². The fourth-order valence-electron chi connectivity index (χ4n) is 1.54. The van der Waals surface area contributed by atoms with Crippen LogP contribution < -0.4 is 5.32 Å². The average molecular weight is 207 g/mol. The molecule has 0 saturated carbocycles. The lowest BCUT2D eigenvalue weighted by atomic mass is 10.1. The quantitative estimate of drug-likeness (QED) is 0.690. The van der Waals surface area contributed by atoms with E-state index in [1.807, 2.05) is 12.1 Å². The predicted octanol–water partition coefficient (Wildman–Crippen LogP) is 3.68. The molecule has 0 saturated heterocycles. The lowest BCUT2D eigenvalue weighted by Gasteiger charge is -2.16. The number of hydrogen-bond acceptors (Lipinski definition) is 2. The highest BCUT2D eigenvalue weighted by Gasteiger charge is 2.12. The summed E-state index contributed by atoms with van der Waals surface area (Å²) in [4.78, 5) is 0. The molecule has 0 radical (unpaired) electrons. The Kier molecular flexibility index (Phi) is 5.19. The van der Waals surface area contributed by atoms with E-state index in [1.165, 1.54) is 5.57 Å². The van der Waals surface area contributed by atoms with Crippen LogP contribution in [0.3, 0.4) is 0 Å². The third-order valence-electron chi connectivity index (χ3n) is 2.39. The first-order chi connectivity index (χ1) is 7.24. The second-order valence-corrected chi connectivity index (χ2v) is 4.02. The molecule has 0 fully saturated rings. The number of furan rings is 1. The Morgan fingerprint density at radius 1 is 1.60 bits per heavy atom. The standard InChI is InChI=1S/C13H21NO/c1-4-9-14-12(8-7-11(2)3)13-6-5-10-15-13/h5-6,10,12,14H,2,4,7-9H2,1,3H3. The van der Waals surface area contributed by atoms with Crippen LogP contribution in [0.5, 0.6) is 0 Å². The van der Waals surface area contributed by atoms with E-state index in [0.29, 0.717) is 6.04 Å². The van der Waals surface area contributed by atoms with Gasteiger partial charge in [-0.25, -0.2) is 0 Å². The Balaban J connectivity index is 2.49. The predicted molar refractivity (Wildman–Crippen MR) is 63.8 cm³/mol. The minimum atomic E-state index is 0.330. The molecule has 1 N–H and O–H groups in total. The maximum absolute atomic E-state index is 5.43. The van der Waals surface area contributed by atoms with Crippen molar-refractivity contribution in [1.29, 1.82) is 0 Å². The first-order valence-electron chi connectivity index (χ1n) is 5.65. The van der Waals surface area contributed by atoms with Gasteiger partial charge in [0.2, 0.25) is 0 Å². The van der Waals surface area contributed by atoms with Gasteiger partial charge in [-0.1, -0.05) is 12.5 Å². The number of nitrogens with one attached hydrogen (secondary N) is 1. The number of rotatable bonds is 7. The molecule has 1 heterocycles. The van der Waals surface area contributed by atoms with E-state index in [9.17, 15) is 0 Å². The van der Waals surface area contributed by atoms with Crippen LogP contribution in [0.2, 0.25) is 0 Å². The van der Waals surface area contributed by atoms with Gasteiger partial charge < -0.3 is 9.73 Å². The van der Waals surface area contributed by atoms with Gasteiger partial charge >= 0.3 is 0 Å². The maximum atomic E-state index is 5.43. The molecule has 0 aliphatic rings. The van der Waals surface area contributed by atoms with Gasteiger partial charge in [-0.05, 0) is 44.9 Å². The molecule has 1 rings (SSSR count). The van der Waals surface area contributed by atoms with Crippen LogP contribution in [0.1, 0.15) is 44.9 Å². The summed E-state index contributed by atoms with van der Waals surface area (Å²) in [6, 6.07) is 4.30. The number of hydrogen-bond donors (Lipinski definition) is 1. The highest BCUT2D eigenvalue weighted by molar-refractivity contribution is 5.05. The summed E-state index contributed by atoms with van der Waals surface area (Å²) < 4.78 is 5.43. The molecule has 0 bridgehead atoms. The van der Waals surface area contributed by atoms with Crippen LogP contribution >= 0.6 is 0 Å². The van der Waals surface area contributed by atoms with E-state index < -0.39 is 0 Å². The Morgan fingerprint density at radius 2 is 2.40 bits per heavy atom. The van der Waals surface area contributed by atoms with E-state index in [2.05, 4.69) is 25.7 Å². The molecule has 15 heavy (non-hydrogen) atoms. The van der Waals surface area contributed by atoms with Gasteiger partial charge in [0, 0.05) is 0 Å². The summed E-state index contributed by atoms with van der Waals surface area (Å²) >= 11 is 0. The Hall–Kier alpha value is -1.02. The van der Waals surface area contributed by atoms with Gasteiger partial charge in [0.05, 0.1) is 12.3 Å². The lowest BCUT2D eigenvalue weighted by Crippen LogP contribution is -2.21. The van der Waals surface area contributed by atoms with Crippen LogP contribution in [0.4, 0.5) is 0 Å². The summed E-state index contributed by atoms with van der Waals surface area (Å²) in [6.07, 6.45) is 4.98. The Morgan fingerprint density at radius 3 is 2.93 bits per heavy atom. The maximum Gasteiger partial charge on any atom is 0.120 e. The highest BCUT2D eigenvalue weighted by atomic mass is 16.3. The molecule has 0 aliphatic carbocycles. The SMILES string of the molecule is C=C(C)CCC(NCCC)c1ccco1. The topological polar surface area (TPSA) is 25.2 Å². The third-order valence-corrected chi connectivity index (χ3v) is 2.39. The minimum Gasteiger partial charge on any atom is -0.468 e. The number of allylic oxidation sites excluding steroid dienone is 1. The van der Waals surface area contributed by atoms with E-state index in [0.717, 1.165) is 31.6 Å². The Bertz CT molecular complexity index is 277. The second kappa shape index (κ2) is 6.46. The fraction of sp³-hybridized carbons (Fsp3) is 0.538. The van der Waals surface area contributed by atoms with Gasteiger partial charge in [0.25, 0.3) is 0 Å². The van der Waals surface area contributed by atoms with Crippen LogP contribution in [-0.2, 0) is 0 Å². The van der Waals surface area contributed by atoms with Crippen molar-refractivity contribution in [3.8, 4) is 0 Å². The van der Waals surface area contributed by atoms with Crippen molar-refractivity contribution in [2.24, 2.45) is 0 Å². The van der Waals surface area contributed by atoms with E-state index in [-0.39, 0.29) is 0 Å². The van der Waals surface area contributed by atoms with E-state index in [4.69, 9.17) is 4.42 Å². The summed E-state index contributed by atoms with van der Waals surface area (Å²) in [7, 11) is 0. The molecule has 0 spiro atoms. The smallest absolute Gasteiger partial charge is 0.120 e. The van der Waals surface area contributed by atoms with Gasteiger partial charge in [-0.2, -0.15) is 0 Å². The lowest BCUT2D eigenvalue weighted by molar-refractivity contribution is 0.396. The van der Waals surface area contributed by atoms with Crippen LogP contribution in [0.25, 0.3) is 0 Å². The van der Waals surface area contributed by atoms with Crippen LogP contribution in [0.15, 0.2) is 35.0 Å². The van der Waals surface area contributed by atoms with Gasteiger partial charge in [0.1, 0.15) is 5.76 Å². The van der Waals surface area contributed by atoms with Gasteiger partial charge in [-0.15, -0.1) is 6.58 Å². The zero-order valence-corrected chi connectivity index (χ0v) is 9.75. The van der Waals surface area contributed by atoms with Crippen molar-refractivity contribution >= 4 is 0 Å². The van der Waals surface area contributed by atoms with Gasteiger partial charge in [-0.3, -0.25) is 0 Å². The van der Waals surface area contributed by atoms with Gasteiger partial charge in [0.15, 0.2) is 0 Å². The fourth-order valence-corrected chi connectivity index (χ4v) is 1.54. The Labute approximate surface area is 92.4 Å². The molecule has 0 amide bonds. The van der Waals surface area contributed by atoms with Crippen molar-refractivity contribution < 1.29 is 4.42 Å². The van der Waals surface area contributed by atoms with Crippen LogP contribution in [0, 0.1) is 0 Å².